The van der Waals surface area contributed by atoms with Crippen LogP contribution in [-0.4, -0.2) is 37.0 Å². The van der Waals surface area contributed by atoms with Crippen LogP contribution < -0.4 is 5.32 Å². The van der Waals surface area contributed by atoms with E-state index in [0.717, 1.165) is 42.5 Å². The van der Waals surface area contributed by atoms with Crippen LogP contribution in [0.15, 0.2) is 22.8 Å². The lowest BCUT2D eigenvalue weighted by atomic mass is 10.0. The summed E-state index contributed by atoms with van der Waals surface area (Å²) in [6, 6.07) is 4.43. The monoisotopic (exact) mass is 300 g/mol. The van der Waals surface area contributed by atoms with E-state index in [1.807, 2.05) is 6.07 Å². The first-order valence-electron chi connectivity index (χ1n) is 7.98. The van der Waals surface area contributed by atoms with Crippen LogP contribution in [0.4, 0.5) is 0 Å². The molecule has 1 aromatic carbocycles. The number of carbonyl (C=O) groups is 1. The number of likely N-dealkylation sites (tertiary alicyclic amines) is 1. The molecular weight excluding hydrogens is 276 g/mol. The van der Waals surface area contributed by atoms with Crippen LogP contribution in [0, 0.1) is 13.8 Å². The summed E-state index contributed by atoms with van der Waals surface area (Å²) in [4.78, 5) is 14.6. The summed E-state index contributed by atoms with van der Waals surface area (Å²) in [5.74, 6) is 0.0845. The summed E-state index contributed by atoms with van der Waals surface area (Å²) in [5, 5.41) is 4.21. The number of likely N-dealkylation sites (N-methyl/N-ethyl adjacent to an activating group) is 1. The van der Waals surface area contributed by atoms with Gasteiger partial charge in [0.15, 0.2) is 0 Å². The van der Waals surface area contributed by atoms with Crippen molar-refractivity contribution in [2.45, 2.75) is 39.2 Å². The maximum atomic E-state index is 12.3. The number of hydrogen-bond acceptors (Lipinski definition) is 3. The minimum absolute atomic E-state index is 0.0845. The largest absolute Gasteiger partial charge is 0.464 e. The number of carbonyl (C=O) groups excluding carboxylic acids is 1. The standard InChI is InChI=1S/C18H24N2O2/c1-12-7-16-14(11-22-17(16)8-13(12)2)9-18(21)19-15-5-4-6-20(3)10-15/h7-8,11,15H,4-6,9-10H2,1-3H3,(H,19,21). The number of benzene rings is 1. The summed E-state index contributed by atoms with van der Waals surface area (Å²) in [5.41, 5.74) is 4.27. The quantitative estimate of drug-likeness (QED) is 0.948. The van der Waals surface area contributed by atoms with Gasteiger partial charge in [0, 0.05) is 23.5 Å². The van der Waals surface area contributed by atoms with Crippen LogP contribution >= 0.6 is 0 Å². The van der Waals surface area contributed by atoms with Crippen molar-refractivity contribution in [3.63, 3.8) is 0 Å². The summed E-state index contributed by atoms with van der Waals surface area (Å²) >= 11 is 0. The van der Waals surface area contributed by atoms with Crippen molar-refractivity contribution < 1.29 is 9.21 Å². The molecule has 1 atom stereocenters. The number of nitrogens with zero attached hydrogens (tertiary/aromatic N) is 1. The number of nitrogens with one attached hydrogen (secondary N) is 1. The molecule has 1 aliphatic heterocycles. The molecular formula is C18H24N2O2. The molecule has 0 saturated carbocycles. The zero-order chi connectivity index (χ0) is 15.7. The molecule has 1 N–H and O–H groups in total. The van der Waals surface area contributed by atoms with Gasteiger partial charge in [-0.2, -0.15) is 0 Å². The lowest BCUT2D eigenvalue weighted by Gasteiger charge is -2.30. The summed E-state index contributed by atoms with van der Waals surface area (Å²) < 4.78 is 5.60. The van der Waals surface area contributed by atoms with Crippen molar-refractivity contribution in [1.29, 1.82) is 0 Å². The van der Waals surface area contributed by atoms with E-state index in [1.54, 1.807) is 6.26 Å². The van der Waals surface area contributed by atoms with Crippen molar-refractivity contribution in [3.05, 3.63) is 35.1 Å². The molecule has 1 aromatic heterocycles. The number of piperidine rings is 1. The zero-order valence-electron chi connectivity index (χ0n) is 13.6. The van der Waals surface area contributed by atoms with E-state index in [1.165, 1.54) is 11.1 Å². The lowest BCUT2D eigenvalue weighted by molar-refractivity contribution is -0.121. The first kappa shape index (κ1) is 15.1. The molecule has 2 heterocycles. The summed E-state index contributed by atoms with van der Waals surface area (Å²) in [6.07, 6.45) is 4.32. The zero-order valence-corrected chi connectivity index (χ0v) is 13.6. The number of rotatable bonds is 3. The van der Waals surface area contributed by atoms with Crippen molar-refractivity contribution in [2.75, 3.05) is 20.1 Å². The minimum Gasteiger partial charge on any atom is -0.464 e. The van der Waals surface area contributed by atoms with E-state index >= 15 is 0 Å². The van der Waals surface area contributed by atoms with Gasteiger partial charge in [0.2, 0.25) is 5.91 Å². The SMILES string of the molecule is Cc1cc2occ(CC(=O)NC3CCCN(C)C3)c2cc1C. The molecule has 118 valence electrons. The van der Waals surface area contributed by atoms with Crippen LogP contribution in [-0.2, 0) is 11.2 Å². The molecule has 1 amide bonds. The molecule has 0 radical (unpaired) electrons. The van der Waals surface area contributed by atoms with Gasteiger partial charge in [0.25, 0.3) is 0 Å². The number of amides is 1. The predicted molar refractivity (Wildman–Crippen MR) is 88.1 cm³/mol. The van der Waals surface area contributed by atoms with Crippen LogP contribution in [0.25, 0.3) is 11.0 Å². The fourth-order valence-corrected chi connectivity index (χ4v) is 3.21. The van der Waals surface area contributed by atoms with Crippen LogP contribution in [0.3, 0.4) is 0 Å². The molecule has 1 aliphatic rings. The highest BCUT2D eigenvalue weighted by atomic mass is 16.3. The molecule has 0 spiro atoms. The first-order valence-corrected chi connectivity index (χ1v) is 7.98. The number of aryl methyl sites for hydroxylation is 2. The first-order chi connectivity index (χ1) is 10.5. The predicted octanol–water partition coefficient (Wildman–Crippen LogP) is 2.80. The number of fused-ring (bicyclic) bond motifs is 1. The van der Waals surface area contributed by atoms with Gasteiger partial charge in [-0.25, -0.2) is 0 Å². The molecule has 3 rings (SSSR count). The van der Waals surface area contributed by atoms with E-state index in [-0.39, 0.29) is 11.9 Å². The molecule has 2 aromatic rings. The highest BCUT2D eigenvalue weighted by Gasteiger charge is 2.20. The molecule has 0 bridgehead atoms. The topological polar surface area (TPSA) is 45.5 Å². The molecule has 22 heavy (non-hydrogen) atoms. The maximum absolute atomic E-state index is 12.3. The van der Waals surface area contributed by atoms with Crippen LogP contribution in [0.2, 0.25) is 0 Å². The van der Waals surface area contributed by atoms with E-state index in [0.29, 0.717) is 6.42 Å². The van der Waals surface area contributed by atoms with Gasteiger partial charge in [0.1, 0.15) is 5.58 Å². The lowest BCUT2D eigenvalue weighted by Crippen LogP contribution is -2.46. The average molecular weight is 300 g/mol. The highest BCUT2D eigenvalue weighted by Crippen LogP contribution is 2.25. The third-order valence-electron chi connectivity index (χ3n) is 4.61. The Balaban J connectivity index is 1.70. The maximum Gasteiger partial charge on any atom is 0.224 e. The van der Waals surface area contributed by atoms with Gasteiger partial charge in [-0.15, -0.1) is 0 Å². The van der Waals surface area contributed by atoms with Crippen molar-refractivity contribution in [2.24, 2.45) is 0 Å². The van der Waals surface area contributed by atoms with Gasteiger partial charge in [-0.3, -0.25) is 4.79 Å². The third kappa shape index (κ3) is 3.17. The second-order valence-electron chi connectivity index (χ2n) is 6.54. The van der Waals surface area contributed by atoms with Crippen LogP contribution in [0.5, 0.6) is 0 Å². The highest BCUT2D eigenvalue weighted by molar-refractivity contribution is 5.88. The van der Waals surface area contributed by atoms with Crippen LogP contribution in [0.1, 0.15) is 29.5 Å². The molecule has 4 heteroatoms. The second-order valence-corrected chi connectivity index (χ2v) is 6.54. The normalized spacial score (nSPS) is 19.5. The van der Waals surface area contributed by atoms with Gasteiger partial charge in [-0.05, 0) is 63.5 Å². The number of hydrogen-bond donors (Lipinski definition) is 1. The molecule has 1 unspecified atom stereocenters. The Hall–Kier alpha value is -1.81. The Bertz CT molecular complexity index is 690. The van der Waals surface area contributed by atoms with E-state index in [2.05, 4.69) is 37.2 Å². The molecule has 1 saturated heterocycles. The Morgan fingerprint density at radius 3 is 2.91 bits per heavy atom. The Morgan fingerprint density at radius 1 is 1.36 bits per heavy atom. The summed E-state index contributed by atoms with van der Waals surface area (Å²) in [6.45, 7) is 6.22. The minimum atomic E-state index is 0.0845. The average Bonchev–Trinajstić information content (AvgIpc) is 2.81. The van der Waals surface area contributed by atoms with Crippen molar-refractivity contribution in [1.82, 2.24) is 10.2 Å². The van der Waals surface area contributed by atoms with Gasteiger partial charge >= 0.3 is 0 Å². The summed E-state index contributed by atoms with van der Waals surface area (Å²) in [7, 11) is 2.10. The van der Waals surface area contributed by atoms with E-state index in [9.17, 15) is 4.79 Å². The van der Waals surface area contributed by atoms with Gasteiger partial charge in [0.05, 0.1) is 12.7 Å². The molecule has 1 fully saturated rings. The smallest absolute Gasteiger partial charge is 0.224 e. The number of furan rings is 1. The van der Waals surface area contributed by atoms with Crippen molar-refractivity contribution in [3.8, 4) is 0 Å². The van der Waals surface area contributed by atoms with Crippen molar-refractivity contribution >= 4 is 16.9 Å². The Kier molecular flexibility index (Phi) is 4.21. The van der Waals surface area contributed by atoms with E-state index in [4.69, 9.17) is 4.42 Å². The fraction of sp³-hybridized carbons (Fsp3) is 0.500. The fourth-order valence-electron chi connectivity index (χ4n) is 3.21. The van der Waals surface area contributed by atoms with Gasteiger partial charge in [-0.1, -0.05) is 0 Å². The second kappa shape index (κ2) is 6.13. The molecule has 0 aliphatic carbocycles. The van der Waals surface area contributed by atoms with Gasteiger partial charge < -0.3 is 14.6 Å². The Morgan fingerprint density at radius 2 is 2.14 bits per heavy atom. The molecule has 4 nitrogen and oxygen atoms in total. The Labute approximate surface area is 131 Å². The van der Waals surface area contributed by atoms with E-state index < -0.39 is 0 Å². The third-order valence-corrected chi connectivity index (χ3v) is 4.61.